The number of nitrogens with one attached hydrogen (secondary N) is 1. The fraction of sp³-hybridized carbons (Fsp3) is 0.235. The van der Waals surface area contributed by atoms with Crippen LogP contribution in [0.3, 0.4) is 0 Å². The Hall–Kier alpha value is -2.49. The molecule has 0 aromatic heterocycles. The molecule has 1 fully saturated rings. The van der Waals surface area contributed by atoms with E-state index in [1.54, 1.807) is 0 Å². The first-order valence-electron chi connectivity index (χ1n) is 7.12. The minimum absolute atomic E-state index is 0.0820. The molecule has 21 heavy (non-hydrogen) atoms. The molecular weight excluding hydrogens is 264 g/mol. The molecule has 0 saturated carbocycles. The number of nitrogens with zero attached hydrogens (tertiary/aromatic N) is 1. The summed E-state index contributed by atoms with van der Waals surface area (Å²) in [6.07, 6.45) is 0. The molecule has 1 N–H and O–H groups in total. The molecule has 2 aromatic carbocycles. The summed E-state index contributed by atoms with van der Waals surface area (Å²) in [5.41, 5.74) is 1.05. The monoisotopic (exact) mass is 282 g/mol. The van der Waals surface area contributed by atoms with Crippen molar-refractivity contribution in [2.45, 2.75) is 6.04 Å². The average molecular weight is 282 g/mol. The summed E-state index contributed by atoms with van der Waals surface area (Å²) in [6, 6.07) is 19.6. The minimum Gasteiger partial charge on any atom is -0.492 e. The SMILES string of the molecule is O=C1NCC1N(CCOc1ccccc1)c1ccccc1. The molecule has 2 aromatic rings. The van der Waals surface area contributed by atoms with Crippen LogP contribution in [0.2, 0.25) is 0 Å². The molecule has 0 bridgehead atoms. The van der Waals surface area contributed by atoms with Gasteiger partial charge in [0.15, 0.2) is 0 Å². The third-order valence-electron chi connectivity index (χ3n) is 3.58. The highest BCUT2D eigenvalue weighted by Gasteiger charge is 2.33. The smallest absolute Gasteiger partial charge is 0.244 e. The summed E-state index contributed by atoms with van der Waals surface area (Å²) in [7, 11) is 0. The van der Waals surface area contributed by atoms with Crippen molar-refractivity contribution < 1.29 is 9.53 Å². The summed E-state index contributed by atoms with van der Waals surface area (Å²) < 4.78 is 5.74. The Labute approximate surface area is 124 Å². The Bertz CT molecular complexity index is 586. The number of para-hydroxylation sites is 2. The quantitative estimate of drug-likeness (QED) is 0.825. The van der Waals surface area contributed by atoms with Crippen molar-refractivity contribution in [3.8, 4) is 5.75 Å². The second-order valence-electron chi connectivity index (χ2n) is 4.95. The van der Waals surface area contributed by atoms with Crippen molar-refractivity contribution in [2.24, 2.45) is 0 Å². The van der Waals surface area contributed by atoms with Crippen molar-refractivity contribution >= 4 is 11.6 Å². The van der Waals surface area contributed by atoms with Crippen LogP contribution in [0.15, 0.2) is 60.7 Å². The number of amides is 1. The number of rotatable bonds is 6. The van der Waals surface area contributed by atoms with Crippen LogP contribution in [0.1, 0.15) is 0 Å². The molecule has 1 aliphatic rings. The Morgan fingerprint density at radius 2 is 1.71 bits per heavy atom. The fourth-order valence-corrected chi connectivity index (χ4v) is 2.39. The van der Waals surface area contributed by atoms with E-state index in [2.05, 4.69) is 10.2 Å². The van der Waals surface area contributed by atoms with Crippen LogP contribution in [0.4, 0.5) is 5.69 Å². The maximum Gasteiger partial charge on any atom is 0.244 e. The van der Waals surface area contributed by atoms with Gasteiger partial charge in [0.1, 0.15) is 18.4 Å². The van der Waals surface area contributed by atoms with Gasteiger partial charge >= 0.3 is 0 Å². The maximum atomic E-state index is 11.7. The molecule has 1 unspecified atom stereocenters. The lowest BCUT2D eigenvalue weighted by molar-refractivity contribution is -0.127. The van der Waals surface area contributed by atoms with E-state index >= 15 is 0 Å². The predicted molar refractivity (Wildman–Crippen MR) is 82.5 cm³/mol. The van der Waals surface area contributed by atoms with Gasteiger partial charge in [-0.05, 0) is 24.3 Å². The molecule has 3 rings (SSSR count). The lowest BCUT2D eigenvalue weighted by atomic mass is 10.1. The summed E-state index contributed by atoms with van der Waals surface area (Å²) in [6.45, 7) is 1.92. The first-order chi connectivity index (χ1) is 10.3. The zero-order valence-corrected chi connectivity index (χ0v) is 11.7. The van der Waals surface area contributed by atoms with Crippen molar-refractivity contribution in [1.29, 1.82) is 0 Å². The topological polar surface area (TPSA) is 41.6 Å². The van der Waals surface area contributed by atoms with Crippen LogP contribution in [-0.2, 0) is 4.79 Å². The highest BCUT2D eigenvalue weighted by atomic mass is 16.5. The van der Waals surface area contributed by atoms with Gasteiger partial charge < -0.3 is 15.0 Å². The zero-order chi connectivity index (χ0) is 14.5. The van der Waals surface area contributed by atoms with Gasteiger partial charge in [-0.25, -0.2) is 0 Å². The van der Waals surface area contributed by atoms with Gasteiger partial charge in [-0.15, -0.1) is 0 Å². The second kappa shape index (κ2) is 6.31. The van der Waals surface area contributed by atoms with Crippen LogP contribution in [-0.4, -0.2) is 31.6 Å². The fourth-order valence-electron chi connectivity index (χ4n) is 2.39. The molecular formula is C17H18N2O2. The van der Waals surface area contributed by atoms with E-state index in [9.17, 15) is 4.79 Å². The summed E-state index contributed by atoms with van der Waals surface area (Å²) in [4.78, 5) is 13.8. The van der Waals surface area contributed by atoms with E-state index in [0.29, 0.717) is 19.7 Å². The van der Waals surface area contributed by atoms with E-state index in [1.807, 2.05) is 60.7 Å². The van der Waals surface area contributed by atoms with Gasteiger partial charge in [-0.3, -0.25) is 4.79 Å². The molecule has 4 heteroatoms. The third-order valence-corrected chi connectivity index (χ3v) is 3.58. The molecule has 1 saturated heterocycles. The molecule has 1 amide bonds. The Morgan fingerprint density at radius 3 is 2.29 bits per heavy atom. The molecule has 1 heterocycles. The van der Waals surface area contributed by atoms with Crippen molar-refractivity contribution in [1.82, 2.24) is 5.32 Å². The summed E-state index contributed by atoms with van der Waals surface area (Å²) >= 11 is 0. The van der Waals surface area contributed by atoms with E-state index in [4.69, 9.17) is 4.74 Å². The van der Waals surface area contributed by atoms with Crippen molar-refractivity contribution in [3.05, 3.63) is 60.7 Å². The Balaban J connectivity index is 1.64. The molecule has 4 nitrogen and oxygen atoms in total. The largest absolute Gasteiger partial charge is 0.492 e. The first-order valence-corrected chi connectivity index (χ1v) is 7.12. The van der Waals surface area contributed by atoms with Crippen LogP contribution in [0.5, 0.6) is 5.75 Å². The van der Waals surface area contributed by atoms with Gasteiger partial charge in [0.25, 0.3) is 0 Å². The van der Waals surface area contributed by atoms with Gasteiger partial charge in [0.2, 0.25) is 5.91 Å². The number of β-lactam (4-membered cyclic amide) rings is 1. The predicted octanol–water partition coefficient (Wildman–Crippen LogP) is 2.07. The van der Waals surface area contributed by atoms with Gasteiger partial charge in [0, 0.05) is 12.2 Å². The second-order valence-corrected chi connectivity index (χ2v) is 4.95. The van der Waals surface area contributed by atoms with Crippen molar-refractivity contribution in [3.63, 3.8) is 0 Å². The van der Waals surface area contributed by atoms with Gasteiger partial charge in [-0.2, -0.15) is 0 Å². The average Bonchev–Trinajstić information content (AvgIpc) is 2.54. The summed E-state index contributed by atoms with van der Waals surface area (Å²) in [5, 5.41) is 2.80. The highest BCUT2D eigenvalue weighted by molar-refractivity contribution is 5.91. The summed E-state index contributed by atoms with van der Waals surface area (Å²) in [5.74, 6) is 0.933. The molecule has 1 aliphatic heterocycles. The zero-order valence-electron chi connectivity index (χ0n) is 11.7. The maximum absolute atomic E-state index is 11.7. The number of carbonyl (C=O) groups excluding carboxylic acids is 1. The number of benzene rings is 2. The van der Waals surface area contributed by atoms with Crippen LogP contribution < -0.4 is 15.0 Å². The van der Waals surface area contributed by atoms with E-state index in [1.165, 1.54) is 0 Å². The first kappa shape index (κ1) is 13.5. The van der Waals surface area contributed by atoms with Crippen LogP contribution >= 0.6 is 0 Å². The number of hydrogen-bond acceptors (Lipinski definition) is 3. The molecule has 0 aliphatic carbocycles. The number of hydrogen-bond donors (Lipinski definition) is 1. The van der Waals surface area contributed by atoms with Gasteiger partial charge in [-0.1, -0.05) is 36.4 Å². The standard InChI is InChI=1S/C17H18N2O2/c20-17-16(13-18-17)19(14-7-3-1-4-8-14)11-12-21-15-9-5-2-6-10-15/h1-10,16H,11-13H2,(H,18,20). The lowest BCUT2D eigenvalue weighted by Crippen LogP contribution is -2.62. The van der Waals surface area contributed by atoms with E-state index in [0.717, 1.165) is 11.4 Å². The van der Waals surface area contributed by atoms with E-state index in [-0.39, 0.29) is 11.9 Å². The lowest BCUT2D eigenvalue weighted by Gasteiger charge is -2.38. The van der Waals surface area contributed by atoms with E-state index < -0.39 is 0 Å². The van der Waals surface area contributed by atoms with Crippen molar-refractivity contribution in [2.75, 3.05) is 24.6 Å². The molecule has 108 valence electrons. The highest BCUT2D eigenvalue weighted by Crippen LogP contribution is 2.19. The Kier molecular flexibility index (Phi) is 4.05. The number of ether oxygens (including phenoxy) is 1. The minimum atomic E-state index is -0.0910. The number of carbonyl (C=O) groups is 1. The van der Waals surface area contributed by atoms with Crippen LogP contribution in [0.25, 0.3) is 0 Å². The molecule has 1 atom stereocenters. The van der Waals surface area contributed by atoms with Crippen LogP contribution in [0, 0.1) is 0 Å². The number of anilines is 1. The Morgan fingerprint density at radius 1 is 1.05 bits per heavy atom. The molecule has 0 radical (unpaired) electrons. The molecule has 0 spiro atoms. The van der Waals surface area contributed by atoms with Gasteiger partial charge in [0.05, 0.1) is 6.54 Å². The third kappa shape index (κ3) is 3.16. The normalized spacial score (nSPS) is 16.8.